The van der Waals surface area contributed by atoms with E-state index >= 15 is 0 Å². The van der Waals surface area contributed by atoms with Gasteiger partial charge in [-0.05, 0) is 98.2 Å². The molecule has 10 heteroatoms. The molecule has 3 aliphatic carbocycles. The Hall–Kier alpha value is -4.24. The van der Waals surface area contributed by atoms with Crippen LogP contribution in [0.15, 0.2) is 71.9 Å². The van der Waals surface area contributed by atoms with E-state index in [1.54, 1.807) is 41.2 Å². The van der Waals surface area contributed by atoms with Crippen LogP contribution in [0.25, 0.3) is 22.5 Å². The number of benzene rings is 2. The maximum atomic E-state index is 13.7. The van der Waals surface area contributed by atoms with Crippen molar-refractivity contribution in [3.63, 3.8) is 0 Å². The van der Waals surface area contributed by atoms with E-state index in [-0.39, 0.29) is 35.3 Å². The van der Waals surface area contributed by atoms with Crippen LogP contribution in [0.2, 0.25) is 5.02 Å². The third-order valence-electron chi connectivity index (χ3n) is 8.56. The van der Waals surface area contributed by atoms with E-state index in [2.05, 4.69) is 20.8 Å². The zero-order valence-corrected chi connectivity index (χ0v) is 24.6. The zero-order chi connectivity index (χ0) is 29.6. The van der Waals surface area contributed by atoms with Crippen molar-refractivity contribution in [2.24, 2.45) is 18.4 Å². The highest BCUT2D eigenvalue weighted by Gasteiger charge is 2.61. The molecule has 0 saturated heterocycles. The molecule has 2 N–H and O–H groups in total. The SMILES string of the molecule is CC(C)n1cc(-c2ccc(Cl)c(CC(NC(=O)C34CC(C3)C4)C(=O)Nc3ccc(-c4nncn4C)cc3)c2)ccc1=O. The molecule has 2 aromatic carbocycles. The summed E-state index contributed by atoms with van der Waals surface area (Å²) in [4.78, 5) is 39.2. The van der Waals surface area contributed by atoms with E-state index in [0.717, 1.165) is 47.3 Å². The van der Waals surface area contributed by atoms with Crippen molar-refractivity contribution in [1.82, 2.24) is 24.6 Å². The van der Waals surface area contributed by atoms with Crippen molar-refractivity contribution < 1.29 is 9.59 Å². The van der Waals surface area contributed by atoms with E-state index in [1.807, 2.05) is 55.9 Å². The van der Waals surface area contributed by atoms with E-state index in [9.17, 15) is 14.4 Å². The second kappa shape index (κ2) is 10.9. The third-order valence-corrected chi connectivity index (χ3v) is 8.93. The summed E-state index contributed by atoms with van der Waals surface area (Å²) in [5.41, 5.74) is 3.53. The van der Waals surface area contributed by atoms with Gasteiger partial charge < -0.3 is 19.8 Å². The number of rotatable bonds is 9. The van der Waals surface area contributed by atoms with Gasteiger partial charge in [0.2, 0.25) is 11.8 Å². The van der Waals surface area contributed by atoms with Gasteiger partial charge in [0.25, 0.3) is 5.56 Å². The lowest BCUT2D eigenvalue weighted by molar-refractivity contribution is -0.166. The number of aromatic nitrogens is 4. The maximum absolute atomic E-state index is 13.7. The lowest BCUT2D eigenvalue weighted by Crippen LogP contribution is -2.62. The summed E-state index contributed by atoms with van der Waals surface area (Å²) in [6, 6.07) is 15.5. The Labute approximate surface area is 248 Å². The van der Waals surface area contributed by atoms with Crippen molar-refractivity contribution in [3.8, 4) is 22.5 Å². The average Bonchev–Trinajstić information content (AvgIpc) is 3.34. The third kappa shape index (κ3) is 5.25. The van der Waals surface area contributed by atoms with Crippen molar-refractivity contribution in [2.75, 3.05) is 5.32 Å². The quantitative estimate of drug-likeness (QED) is 0.287. The lowest BCUT2D eigenvalue weighted by Gasteiger charge is -2.60. The molecular formula is C32H33ClN6O3. The minimum Gasteiger partial charge on any atom is -0.343 e. The van der Waals surface area contributed by atoms with Crippen LogP contribution in [0.4, 0.5) is 5.69 Å². The van der Waals surface area contributed by atoms with Gasteiger partial charge in [-0.25, -0.2) is 0 Å². The number of anilines is 1. The van der Waals surface area contributed by atoms with Gasteiger partial charge in [-0.15, -0.1) is 10.2 Å². The molecule has 0 spiro atoms. The van der Waals surface area contributed by atoms with E-state index in [0.29, 0.717) is 16.6 Å². The predicted molar refractivity (Wildman–Crippen MR) is 162 cm³/mol. The molecule has 2 amide bonds. The first-order chi connectivity index (χ1) is 20.1. The molecule has 2 aromatic heterocycles. The topological polar surface area (TPSA) is 111 Å². The summed E-state index contributed by atoms with van der Waals surface area (Å²) in [5, 5.41) is 14.6. The minimum atomic E-state index is -0.831. The Morgan fingerprint density at radius 3 is 2.33 bits per heavy atom. The first-order valence-corrected chi connectivity index (χ1v) is 14.6. The number of hydrogen-bond donors (Lipinski definition) is 2. The lowest BCUT2D eigenvalue weighted by atomic mass is 9.44. The Bertz CT molecular complexity index is 1710. The molecule has 0 aliphatic heterocycles. The van der Waals surface area contributed by atoms with Crippen LogP contribution in [0.5, 0.6) is 0 Å². The molecular weight excluding hydrogens is 552 g/mol. The normalized spacial score (nSPS) is 19.5. The zero-order valence-electron chi connectivity index (χ0n) is 23.8. The van der Waals surface area contributed by atoms with Gasteiger partial charge in [-0.2, -0.15) is 0 Å². The highest BCUT2D eigenvalue weighted by atomic mass is 35.5. The highest BCUT2D eigenvalue weighted by molar-refractivity contribution is 6.31. The number of pyridine rings is 1. The summed E-state index contributed by atoms with van der Waals surface area (Å²) >= 11 is 6.64. The Kier molecular flexibility index (Phi) is 7.22. The first-order valence-electron chi connectivity index (χ1n) is 14.2. The molecule has 216 valence electrons. The number of carbonyl (C=O) groups is 2. The smallest absolute Gasteiger partial charge is 0.250 e. The number of nitrogens with zero attached hydrogens (tertiary/aromatic N) is 4. The molecule has 7 rings (SSSR count). The summed E-state index contributed by atoms with van der Waals surface area (Å²) in [7, 11) is 1.87. The first kappa shape index (κ1) is 27.9. The Morgan fingerprint density at radius 1 is 1.02 bits per heavy atom. The van der Waals surface area contributed by atoms with Crippen molar-refractivity contribution in [3.05, 3.63) is 88.1 Å². The molecule has 2 heterocycles. The van der Waals surface area contributed by atoms with Gasteiger partial charge in [0.1, 0.15) is 12.4 Å². The molecule has 3 aliphatic rings. The van der Waals surface area contributed by atoms with E-state index in [1.165, 1.54) is 0 Å². The number of halogens is 1. The van der Waals surface area contributed by atoms with Crippen molar-refractivity contribution in [2.45, 2.75) is 51.6 Å². The van der Waals surface area contributed by atoms with Gasteiger partial charge >= 0.3 is 0 Å². The summed E-state index contributed by atoms with van der Waals surface area (Å²) < 4.78 is 3.50. The number of nitrogens with one attached hydrogen (secondary N) is 2. The average molecular weight is 585 g/mol. The van der Waals surface area contributed by atoms with Gasteiger partial charge in [-0.1, -0.05) is 17.7 Å². The highest BCUT2D eigenvalue weighted by Crippen LogP contribution is 2.64. The van der Waals surface area contributed by atoms with Crippen LogP contribution >= 0.6 is 11.6 Å². The molecule has 1 atom stereocenters. The van der Waals surface area contributed by atoms with Gasteiger partial charge in [0.05, 0.1) is 0 Å². The van der Waals surface area contributed by atoms with Crippen LogP contribution < -0.4 is 16.2 Å². The minimum absolute atomic E-state index is 0.0129. The van der Waals surface area contributed by atoms with Gasteiger partial charge in [0, 0.05) is 53.5 Å². The van der Waals surface area contributed by atoms with E-state index < -0.39 is 6.04 Å². The molecule has 2 bridgehead atoms. The fourth-order valence-corrected chi connectivity index (χ4v) is 6.16. The number of hydrogen-bond acceptors (Lipinski definition) is 5. The second-order valence-corrected chi connectivity index (χ2v) is 12.3. The fraction of sp³-hybridized carbons (Fsp3) is 0.344. The Morgan fingerprint density at radius 2 is 1.71 bits per heavy atom. The van der Waals surface area contributed by atoms with Crippen molar-refractivity contribution in [1.29, 1.82) is 0 Å². The van der Waals surface area contributed by atoms with Crippen molar-refractivity contribution >= 4 is 29.1 Å². The predicted octanol–water partition coefficient (Wildman–Crippen LogP) is 5.01. The fourth-order valence-electron chi connectivity index (χ4n) is 5.96. The van der Waals surface area contributed by atoms with Crippen LogP contribution in [-0.2, 0) is 23.1 Å². The Balaban J connectivity index is 1.25. The van der Waals surface area contributed by atoms with E-state index in [4.69, 9.17) is 11.6 Å². The summed E-state index contributed by atoms with van der Waals surface area (Å²) in [5.74, 6) is 0.959. The molecule has 42 heavy (non-hydrogen) atoms. The maximum Gasteiger partial charge on any atom is 0.250 e. The molecule has 0 radical (unpaired) electrons. The van der Waals surface area contributed by atoms with Crippen LogP contribution in [0, 0.1) is 11.3 Å². The summed E-state index contributed by atoms with van der Waals surface area (Å²) in [6.45, 7) is 3.92. The summed E-state index contributed by atoms with van der Waals surface area (Å²) in [6.07, 6.45) is 6.34. The number of amides is 2. The van der Waals surface area contributed by atoms with Gasteiger partial charge in [-0.3, -0.25) is 14.4 Å². The largest absolute Gasteiger partial charge is 0.343 e. The standard InChI is InChI=1S/C32H33ClN6O3/c1-19(2)39-17-23(7-11-28(39)40)22-6-10-26(33)24(12-22)13-27(36-31(42)32-14-20(15-32)16-32)30(41)35-25-8-4-21(5-9-25)29-37-34-18-38(29)3/h4-12,17-20,27H,13-16H2,1-3H3,(H,35,41)(H,36,42). The molecule has 1 unspecified atom stereocenters. The number of carbonyl (C=O) groups excluding carboxylic acids is 2. The molecule has 3 saturated carbocycles. The second-order valence-electron chi connectivity index (χ2n) is 11.9. The van der Waals surface area contributed by atoms with Gasteiger partial charge in [0.15, 0.2) is 5.82 Å². The molecule has 9 nitrogen and oxygen atoms in total. The van der Waals surface area contributed by atoms with Crippen LogP contribution in [0.3, 0.4) is 0 Å². The number of aryl methyl sites for hydroxylation is 1. The molecule has 3 fully saturated rings. The monoisotopic (exact) mass is 584 g/mol. The van der Waals surface area contributed by atoms with Crippen LogP contribution in [0.1, 0.15) is 44.7 Å². The van der Waals surface area contributed by atoms with Crippen LogP contribution in [-0.4, -0.2) is 37.2 Å². The molecule has 4 aromatic rings.